The number of anilines is 1. The van der Waals surface area contributed by atoms with Gasteiger partial charge in [0.25, 0.3) is 0 Å². The van der Waals surface area contributed by atoms with E-state index in [0.717, 1.165) is 31.1 Å². The summed E-state index contributed by atoms with van der Waals surface area (Å²) < 4.78 is 0. The second-order valence-corrected chi connectivity index (χ2v) is 6.17. The first-order valence-electron chi connectivity index (χ1n) is 6.72. The van der Waals surface area contributed by atoms with Crippen molar-refractivity contribution >= 4 is 16.5 Å². The van der Waals surface area contributed by atoms with E-state index in [2.05, 4.69) is 29.0 Å². The van der Waals surface area contributed by atoms with E-state index in [9.17, 15) is 5.11 Å². The molecule has 4 nitrogen and oxygen atoms in total. The van der Waals surface area contributed by atoms with Crippen molar-refractivity contribution < 1.29 is 5.11 Å². The van der Waals surface area contributed by atoms with Crippen molar-refractivity contribution in [1.82, 2.24) is 10.3 Å². The summed E-state index contributed by atoms with van der Waals surface area (Å²) in [6.45, 7) is 6.93. The molecule has 1 saturated heterocycles. The Bertz CT molecular complexity index is 334. The fourth-order valence-corrected chi connectivity index (χ4v) is 2.87. The number of nitrogens with one attached hydrogen (secondary N) is 1. The lowest BCUT2D eigenvalue weighted by Gasteiger charge is -2.33. The molecule has 102 valence electrons. The Morgan fingerprint density at radius 1 is 1.50 bits per heavy atom. The predicted octanol–water partition coefficient (Wildman–Crippen LogP) is 1.72. The minimum atomic E-state index is -0.234. The molecule has 18 heavy (non-hydrogen) atoms. The fourth-order valence-electron chi connectivity index (χ4n) is 2.17. The monoisotopic (exact) mass is 269 g/mol. The molecule has 1 aliphatic rings. The van der Waals surface area contributed by atoms with Crippen LogP contribution in [0.5, 0.6) is 0 Å². The van der Waals surface area contributed by atoms with Crippen molar-refractivity contribution in [3.63, 3.8) is 0 Å². The maximum Gasteiger partial charge on any atom is 0.185 e. The lowest BCUT2D eigenvalue weighted by molar-refractivity contribution is 0.118. The lowest BCUT2D eigenvalue weighted by atomic mass is 10.0. The van der Waals surface area contributed by atoms with Crippen molar-refractivity contribution in [3.8, 4) is 0 Å². The standard InChI is InChI=1S/C13H23N3OS/c1-10(2)12(17)9-15-11-3-6-16(7-4-11)13-14-5-8-18-13/h5,8,10-12,15,17H,3-4,6-7,9H2,1-2H3. The molecule has 0 aliphatic carbocycles. The predicted molar refractivity (Wildman–Crippen MR) is 76.2 cm³/mol. The van der Waals surface area contributed by atoms with Gasteiger partial charge in [-0.1, -0.05) is 13.8 Å². The van der Waals surface area contributed by atoms with Crippen LogP contribution in [0.25, 0.3) is 0 Å². The van der Waals surface area contributed by atoms with Crippen LogP contribution in [0.15, 0.2) is 11.6 Å². The van der Waals surface area contributed by atoms with Crippen LogP contribution in [0.4, 0.5) is 5.13 Å². The van der Waals surface area contributed by atoms with Gasteiger partial charge in [0.1, 0.15) is 0 Å². The van der Waals surface area contributed by atoms with Crippen molar-refractivity contribution in [1.29, 1.82) is 0 Å². The van der Waals surface area contributed by atoms with Gasteiger partial charge in [-0.05, 0) is 18.8 Å². The zero-order valence-electron chi connectivity index (χ0n) is 11.2. The van der Waals surface area contributed by atoms with Gasteiger partial charge >= 0.3 is 0 Å². The molecule has 1 unspecified atom stereocenters. The highest BCUT2D eigenvalue weighted by Crippen LogP contribution is 2.21. The Morgan fingerprint density at radius 2 is 2.22 bits per heavy atom. The average molecular weight is 269 g/mol. The maximum atomic E-state index is 9.78. The van der Waals surface area contributed by atoms with Crippen LogP contribution in [0.2, 0.25) is 0 Å². The third-order valence-corrected chi connectivity index (χ3v) is 4.40. The number of rotatable bonds is 5. The van der Waals surface area contributed by atoms with Gasteiger partial charge in [-0.15, -0.1) is 11.3 Å². The highest BCUT2D eigenvalue weighted by atomic mass is 32.1. The zero-order chi connectivity index (χ0) is 13.0. The Morgan fingerprint density at radius 3 is 2.78 bits per heavy atom. The van der Waals surface area contributed by atoms with E-state index in [4.69, 9.17) is 0 Å². The van der Waals surface area contributed by atoms with Gasteiger partial charge < -0.3 is 15.3 Å². The van der Waals surface area contributed by atoms with E-state index in [1.54, 1.807) is 11.3 Å². The van der Waals surface area contributed by atoms with E-state index in [0.29, 0.717) is 18.5 Å². The summed E-state index contributed by atoms with van der Waals surface area (Å²) in [6.07, 6.45) is 3.89. The number of hydrogen-bond acceptors (Lipinski definition) is 5. The van der Waals surface area contributed by atoms with Gasteiger partial charge in [0.2, 0.25) is 0 Å². The molecule has 0 spiro atoms. The van der Waals surface area contributed by atoms with Crippen LogP contribution in [0, 0.1) is 5.92 Å². The second-order valence-electron chi connectivity index (χ2n) is 5.30. The Kier molecular flexibility index (Phi) is 4.97. The molecule has 1 aromatic heterocycles. The van der Waals surface area contributed by atoms with Crippen LogP contribution in [0.3, 0.4) is 0 Å². The Hall–Kier alpha value is -0.650. The van der Waals surface area contributed by atoms with Crippen LogP contribution >= 0.6 is 11.3 Å². The van der Waals surface area contributed by atoms with Crippen LogP contribution in [-0.4, -0.2) is 41.9 Å². The molecule has 1 fully saturated rings. The molecular formula is C13H23N3OS. The molecule has 1 aliphatic heterocycles. The molecule has 0 amide bonds. The molecule has 0 aromatic carbocycles. The number of thiazole rings is 1. The van der Waals surface area contributed by atoms with Crippen LogP contribution in [0.1, 0.15) is 26.7 Å². The number of piperidine rings is 1. The van der Waals surface area contributed by atoms with Gasteiger partial charge in [-0.2, -0.15) is 0 Å². The van der Waals surface area contributed by atoms with E-state index >= 15 is 0 Å². The Balaban J connectivity index is 1.70. The topological polar surface area (TPSA) is 48.4 Å². The summed E-state index contributed by atoms with van der Waals surface area (Å²) in [6, 6.07) is 0.537. The molecule has 2 heterocycles. The third kappa shape index (κ3) is 3.67. The van der Waals surface area contributed by atoms with Crippen LogP contribution < -0.4 is 10.2 Å². The molecular weight excluding hydrogens is 246 g/mol. The first-order chi connectivity index (χ1) is 8.66. The quantitative estimate of drug-likeness (QED) is 0.854. The largest absolute Gasteiger partial charge is 0.392 e. The first kappa shape index (κ1) is 13.8. The molecule has 1 atom stereocenters. The van der Waals surface area contributed by atoms with Crippen molar-refractivity contribution in [2.45, 2.75) is 38.8 Å². The number of hydrogen-bond donors (Lipinski definition) is 2. The fraction of sp³-hybridized carbons (Fsp3) is 0.769. The number of aromatic nitrogens is 1. The molecule has 0 radical (unpaired) electrons. The summed E-state index contributed by atoms with van der Waals surface area (Å²) >= 11 is 1.71. The SMILES string of the molecule is CC(C)C(O)CNC1CCN(c2nccs2)CC1. The molecule has 2 N–H and O–H groups in total. The third-order valence-electron chi connectivity index (χ3n) is 3.57. The normalized spacial score (nSPS) is 19.4. The molecule has 0 bridgehead atoms. The molecule has 2 rings (SSSR count). The van der Waals surface area contributed by atoms with Gasteiger partial charge in [-0.3, -0.25) is 0 Å². The first-order valence-corrected chi connectivity index (χ1v) is 7.60. The summed E-state index contributed by atoms with van der Waals surface area (Å²) in [5.74, 6) is 0.327. The minimum Gasteiger partial charge on any atom is -0.392 e. The van der Waals surface area contributed by atoms with E-state index in [1.807, 2.05) is 11.6 Å². The lowest BCUT2D eigenvalue weighted by Crippen LogP contribution is -2.45. The summed E-state index contributed by atoms with van der Waals surface area (Å²) in [5, 5.41) is 16.4. The molecule has 0 saturated carbocycles. The summed E-state index contributed by atoms with van der Waals surface area (Å²) in [4.78, 5) is 6.70. The van der Waals surface area contributed by atoms with Gasteiger partial charge in [0.05, 0.1) is 6.10 Å². The maximum absolute atomic E-state index is 9.78. The molecule has 1 aromatic rings. The van der Waals surface area contributed by atoms with Crippen LogP contribution in [-0.2, 0) is 0 Å². The number of aliphatic hydroxyl groups is 1. The van der Waals surface area contributed by atoms with Gasteiger partial charge in [0, 0.05) is 37.3 Å². The van der Waals surface area contributed by atoms with E-state index in [-0.39, 0.29) is 6.10 Å². The van der Waals surface area contributed by atoms with Crippen molar-refractivity contribution in [2.24, 2.45) is 5.92 Å². The van der Waals surface area contributed by atoms with E-state index < -0.39 is 0 Å². The minimum absolute atomic E-state index is 0.234. The number of aliphatic hydroxyl groups excluding tert-OH is 1. The molecule has 5 heteroatoms. The zero-order valence-corrected chi connectivity index (χ0v) is 12.0. The van der Waals surface area contributed by atoms with Gasteiger partial charge in [-0.25, -0.2) is 4.98 Å². The van der Waals surface area contributed by atoms with Crippen molar-refractivity contribution in [2.75, 3.05) is 24.5 Å². The Labute approximate surface area is 113 Å². The van der Waals surface area contributed by atoms with Gasteiger partial charge in [0.15, 0.2) is 5.13 Å². The van der Waals surface area contributed by atoms with Crippen molar-refractivity contribution in [3.05, 3.63) is 11.6 Å². The highest BCUT2D eigenvalue weighted by molar-refractivity contribution is 7.13. The smallest absolute Gasteiger partial charge is 0.185 e. The number of nitrogens with zero attached hydrogens (tertiary/aromatic N) is 2. The second kappa shape index (κ2) is 6.50. The average Bonchev–Trinajstić information content (AvgIpc) is 2.90. The highest BCUT2D eigenvalue weighted by Gasteiger charge is 2.21. The summed E-state index contributed by atoms with van der Waals surface area (Å²) in [7, 11) is 0. The van der Waals surface area contributed by atoms with E-state index in [1.165, 1.54) is 0 Å². The summed E-state index contributed by atoms with van der Waals surface area (Å²) in [5.41, 5.74) is 0.